The maximum atomic E-state index is 12.6. The van der Waals surface area contributed by atoms with Crippen LogP contribution in [0.3, 0.4) is 0 Å². The molecule has 148 valence electrons. The molecule has 1 amide bonds. The highest BCUT2D eigenvalue weighted by molar-refractivity contribution is 7.92. The Morgan fingerprint density at radius 2 is 1.62 bits per heavy atom. The van der Waals surface area contributed by atoms with Gasteiger partial charge in [0.25, 0.3) is 15.9 Å². The number of benzene rings is 3. The molecule has 0 aliphatic heterocycles. The molecule has 3 N–H and O–H groups in total. The average Bonchev–Trinajstić information content (AvgIpc) is 2.70. The lowest BCUT2D eigenvalue weighted by atomic mass is 10.2. The first-order chi connectivity index (χ1) is 13.9. The van der Waals surface area contributed by atoms with Gasteiger partial charge in [0.15, 0.2) is 0 Å². The van der Waals surface area contributed by atoms with Crippen LogP contribution in [-0.2, 0) is 10.0 Å². The van der Waals surface area contributed by atoms with Crippen LogP contribution >= 0.6 is 11.6 Å². The second-order valence-corrected chi connectivity index (χ2v) is 7.98. The highest BCUT2D eigenvalue weighted by atomic mass is 35.5. The van der Waals surface area contributed by atoms with E-state index in [0.29, 0.717) is 10.6 Å². The Balaban J connectivity index is 1.78. The molecule has 3 aromatic rings. The van der Waals surface area contributed by atoms with Crippen molar-refractivity contribution in [3.05, 3.63) is 88.9 Å². The number of nitrogens with one attached hydrogen (secondary N) is 2. The molecule has 0 spiro atoms. The Morgan fingerprint density at radius 1 is 0.966 bits per heavy atom. The molecule has 0 saturated heterocycles. The minimum atomic E-state index is -3.92. The predicted octanol–water partition coefficient (Wildman–Crippen LogP) is 3.61. The van der Waals surface area contributed by atoms with E-state index in [2.05, 4.69) is 15.2 Å². The van der Waals surface area contributed by atoms with E-state index >= 15 is 0 Å². The second-order valence-electron chi connectivity index (χ2n) is 5.86. The standard InChI is InChI=1S/C20H16ClN3O4S/c21-15-9-11-16(12-10-15)29(27,28)24-18-7-3-2-6-17(18)20(26)23-22-13-14-5-1-4-8-19(14)25/h1-13,24-25H,(H,23,26)/b22-13-. The molecule has 0 radical (unpaired) electrons. The molecule has 3 aromatic carbocycles. The van der Waals surface area contributed by atoms with E-state index in [9.17, 15) is 18.3 Å². The predicted molar refractivity (Wildman–Crippen MR) is 112 cm³/mol. The number of phenols is 1. The molecule has 0 aliphatic carbocycles. The lowest BCUT2D eigenvalue weighted by Gasteiger charge is -2.11. The molecule has 0 saturated carbocycles. The van der Waals surface area contributed by atoms with Crippen molar-refractivity contribution in [2.75, 3.05) is 4.72 Å². The smallest absolute Gasteiger partial charge is 0.273 e. The number of hydrazone groups is 1. The third-order valence-electron chi connectivity index (χ3n) is 3.85. The Kier molecular flexibility index (Phi) is 6.16. The topological polar surface area (TPSA) is 108 Å². The zero-order valence-corrected chi connectivity index (χ0v) is 16.5. The number of nitrogens with zero attached hydrogens (tertiary/aromatic N) is 1. The summed E-state index contributed by atoms with van der Waals surface area (Å²) in [7, 11) is -3.92. The van der Waals surface area contributed by atoms with Gasteiger partial charge in [-0.15, -0.1) is 0 Å². The van der Waals surface area contributed by atoms with Crippen molar-refractivity contribution < 1.29 is 18.3 Å². The zero-order chi connectivity index (χ0) is 20.9. The number of hydrogen-bond donors (Lipinski definition) is 3. The third-order valence-corrected chi connectivity index (χ3v) is 5.48. The second kappa shape index (κ2) is 8.76. The number of rotatable bonds is 6. The number of carbonyl (C=O) groups is 1. The Bertz CT molecular complexity index is 1160. The fraction of sp³-hybridized carbons (Fsp3) is 0. The molecular weight excluding hydrogens is 414 g/mol. The number of amides is 1. The van der Waals surface area contributed by atoms with Gasteiger partial charge in [-0.1, -0.05) is 35.9 Å². The van der Waals surface area contributed by atoms with Gasteiger partial charge in [-0.25, -0.2) is 13.8 Å². The van der Waals surface area contributed by atoms with Crippen molar-refractivity contribution >= 4 is 39.4 Å². The number of carbonyl (C=O) groups excluding carboxylic acids is 1. The van der Waals surface area contributed by atoms with E-state index in [0.717, 1.165) is 0 Å². The monoisotopic (exact) mass is 429 g/mol. The van der Waals surface area contributed by atoms with Gasteiger partial charge in [-0.05, 0) is 48.5 Å². The summed E-state index contributed by atoms with van der Waals surface area (Å²) in [6.07, 6.45) is 1.29. The number of hydrogen-bond acceptors (Lipinski definition) is 5. The summed E-state index contributed by atoms with van der Waals surface area (Å²) in [5.41, 5.74) is 2.91. The van der Waals surface area contributed by atoms with E-state index in [1.807, 2.05) is 0 Å². The molecule has 29 heavy (non-hydrogen) atoms. The lowest BCUT2D eigenvalue weighted by molar-refractivity contribution is 0.0956. The number of aromatic hydroxyl groups is 1. The van der Waals surface area contributed by atoms with Gasteiger partial charge in [0.05, 0.1) is 22.4 Å². The number of halogens is 1. The Morgan fingerprint density at radius 3 is 2.34 bits per heavy atom. The van der Waals surface area contributed by atoms with Crippen LogP contribution < -0.4 is 10.1 Å². The largest absolute Gasteiger partial charge is 0.507 e. The normalized spacial score (nSPS) is 11.3. The maximum Gasteiger partial charge on any atom is 0.273 e. The summed E-state index contributed by atoms with van der Waals surface area (Å²) >= 11 is 5.79. The highest BCUT2D eigenvalue weighted by Gasteiger charge is 2.18. The van der Waals surface area contributed by atoms with Gasteiger partial charge in [-0.3, -0.25) is 9.52 Å². The van der Waals surface area contributed by atoms with Gasteiger partial charge in [0.2, 0.25) is 0 Å². The minimum Gasteiger partial charge on any atom is -0.507 e. The first-order valence-electron chi connectivity index (χ1n) is 8.35. The van der Waals surface area contributed by atoms with Gasteiger partial charge in [0, 0.05) is 10.6 Å². The fourth-order valence-electron chi connectivity index (χ4n) is 2.40. The van der Waals surface area contributed by atoms with E-state index in [1.54, 1.807) is 30.3 Å². The van der Waals surface area contributed by atoms with E-state index in [1.165, 1.54) is 48.7 Å². The van der Waals surface area contributed by atoms with Crippen molar-refractivity contribution in [1.82, 2.24) is 5.43 Å². The summed E-state index contributed by atoms with van der Waals surface area (Å²) in [6, 6.07) is 18.3. The molecular formula is C20H16ClN3O4S. The van der Waals surface area contributed by atoms with Gasteiger partial charge in [-0.2, -0.15) is 5.10 Å². The Hall–Kier alpha value is -3.36. The zero-order valence-electron chi connectivity index (χ0n) is 14.9. The SMILES string of the molecule is O=C(N/N=C\c1ccccc1O)c1ccccc1NS(=O)(=O)c1ccc(Cl)cc1. The van der Waals surface area contributed by atoms with Crippen LogP contribution in [0, 0.1) is 0 Å². The summed E-state index contributed by atoms with van der Waals surface area (Å²) in [4.78, 5) is 12.5. The van der Waals surface area contributed by atoms with E-state index in [-0.39, 0.29) is 21.9 Å². The van der Waals surface area contributed by atoms with Crippen LogP contribution in [0.5, 0.6) is 5.75 Å². The third kappa shape index (κ3) is 5.13. The molecule has 0 aliphatic rings. The molecule has 3 rings (SSSR count). The molecule has 0 unspecified atom stereocenters. The van der Waals surface area contributed by atoms with Crippen LogP contribution in [-0.4, -0.2) is 25.6 Å². The number of phenolic OH excluding ortho intramolecular Hbond substituents is 1. The van der Waals surface area contributed by atoms with Crippen molar-refractivity contribution in [1.29, 1.82) is 0 Å². The first-order valence-corrected chi connectivity index (χ1v) is 10.2. The van der Waals surface area contributed by atoms with Crippen molar-refractivity contribution in [3.8, 4) is 5.75 Å². The minimum absolute atomic E-state index is 0.00897. The quantitative estimate of drug-likeness (QED) is 0.411. The molecule has 0 atom stereocenters. The summed E-state index contributed by atoms with van der Waals surface area (Å²) in [5.74, 6) is -0.604. The van der Waals surface area contributed by atoms with Crippen molar-refractivity contribution in [2.45, 2.75) is 4.90 Å². The molecule has 0 heterocycles. The maximum absolute atomic E-state index is 12.6. The number of sulfonamides is 1. The summed E-state index contributed by atoms with van der Waals surface area (Å²) in [5, 5.41) is 13.9. The molecule has 9 heteroatoms. The summed E-state index contributed by atoms with van der Waals surface area (Å²) < 4.78 is 27.6. The molecule has 0 aromatic heterocycles. The molecule has 7 nitrogen and oxygen atoms in total. The average molecular weight is 430 g/mol. The number of anilines is 1. The van der Waals surface area contributed by atoms with Crippen molar-refractivity contribution in [2.24, 2.45) is 5.10 Å². The number of para-hydroxylation sites is 2. The van der Waals surface area contributed by atoms with Crippen LogP contribution in [0.15, 0.2) is 82.8 Å². The van der Waals surface area contributed by atoms with Crippen LogP contribution in [0.1, 0.15) is 15.9 Å². The van der Waals surface area contributed by atoms with E-state index in [4.69, 9.17) is 11.6 Å². The fourth-order valence-corrected chi connectivity index (χ4v) is 3.61. The van der Waals surface area contributed by atoms with Crippen molar-refractivity contribution in [3.63, 3.8) is 0 Å². The van der Waals surface area contributed by atoms with Gasteiger partial charge < -0.3 is 5.11 Å². The summed E-state index contributed by atoms with van der Waals surface area (Å²) in [6.45, 7) is 0. The van der Waals surface area contributed by atoms with E-state index < -0.39 is 15.9 Å². The lowest BCUT2D eigenvalue weighted by Crippen LogP contribution is -2.21. The highest BCUT2D eigenvalue weighted by Crippen LogP contribution is 2.21. The van der Waals surface area contributed by atoms with Gasteiger partial charge in [0.1, 0.15) is 5.75 Å². The first kappa shape index (κ1) is 20.4. The van der Waals surface area contributed by atoms with Gasteiger partial charge >= 0.3 is 0 Å². The van der Waals surface area contributed by atoms with Crippen LogP contribution in [0.25, 0.3) is 0 Å². The van der Waals surface area contributed by atoms with Crippen LogP contribution in [0.4, 0.5) is 5.69 Å². The molecule has 0 fully saturated rings. The Labute approximate surface area is 172 Å². The van der Waals surface area contributed by atoms with Crippen LogP contribution in [0.2, 0.25) is 5.02 Å². The molecule has 0 bridgehead atoms.